The molecular formula is C28H24Cl2N4O2. The molecule has 4 aromatic rings. The van der Waals surface area contributed by atoms with Gasteiger partial charge in [0.2, 0.25) is 0 Å². The van der Waals surface area contributed by atoms with Crippen LogP contribution in [0.4, 0.5) is 32.3 Å². The molecule has 0 aliphatic heterocycles. The molecule has 0 heterocycles. The first-order valence-electron chi connectivity index (χ1n) is 11.3. The van der Waals surface area contributed by atoms with Gasteiger partial charge in [0.25, 0.3) is 0 Å². The van der Waals surface area contributed by atoms with Crippen molar-refractivity contribution in [2.75, 3.05) is 33.5 Å². The molecule has 0 fully saturated rings. The van der Waals surface area contributed by atoms with E-state index in [1.54, 1.807) is 58.3 Å². The summed E-state index contributed by atoms with van der Waals surface area (Å²) in [5.41, 5.74) is 2.64. The maximum Gasteiger partial charge on any atom is 0.326 e. The Kier molecular flexibility index (Phi) is 8.44. The number of nitrogens with one attached hydrogen (secondary N) is 2. The minimum Gasteiger partial charge on any atom is -0.308 e. The second-order valence-corrected chi connectivity index (χ2v) is 8.72. The number of para-hydroxylation sites is 2. The molecule has 0 spiro atoms. The van der Waals surface area contributed by atoms with Crippen molar-refractivity contribution in [3.8, 4) is 0 Å². The predicted molar refractivity (Wildman–Crippen MR) is 149 cm³/mol. The van der Waals surface area contributed by atoms with Crippen LogP contribution < -0.4 is 20.4 Å². The van der Waals surface area contributed by atoms with E-state index in [1.165, 1.54) is 0 Å². The van der Waals surface area contributed by atoms with Gasteiger partial charge in [0.15, 0.2) is 0 Å². The Hall–Kier alpha value is -4.00. The fourth-order valence-electron chi connectivity index (χ4n) is 3.56. The van der Waals surface area contributed by atoms with Gasteiger partial charge in [-0.1, -0.05) is 59.6 Å². The molecule has 0 bridgehead atoms. The number of rotatable bonds is 7. The maximum absolute atomic E-state index is 13.3. The Labute approximate surface area is 220 Å². The van der Waals surface area contributed by atoms with E-state index in [0.29, 0.717) is 32.8 Å². The summed E-state index contributed by atoms with van der Waals surface area (Å²) in [6.45, 7) is 0.485. The second kappa shape index (κ2) is 12.1. The molecule has 4 aromatic carbocycles. The van der Waals surface area contributed by atoms with Crippen molar-refractivity contribution in [1.82, 2.24) is 0 Å². The predicted octanol–water partition coefficient (Wildman–Crippen LogP) is 7.77. The highest BCUT2D eigenvalue weighted by Crippen LogP contribution is 2.21. The molecule has 2 N–H and O–H groups in total. The molecule has 0 aliphatic carbocycles. The monoisotopic (exact) mass is 518 g/mol. The van der Waals surface area contributed by atoms with E-state index in [2.05, 4.69) is 10.6 Å². The molecule has 0 atom stereocenters. The van der Waals surface area contributed by atoms with Crippen molar-refractivity contribution in [3.05, 3.63) is 119 Å². The topological polar surface area (TPSA) is 64.7 Å². The largest absolute Gasteiger partial charge is 0.326 e. The summed E-state index contributed by atoms with van der Waals surface area (Å²) >= 11 is 11.9. The zero-order valence-corrected chi connectivity index (χ0v) is 20.8. The zero-order valence-electron chi connectivity index (χ0n) is 19.3. The van der Waals surface area contributed by atoms with E-state index >= 15 is 0 Å². The molecule has 0 saturated carbocycles. The highest BCUT2D eigenvalue weighted by molar-refractivity contribution is 6.31. The van der Waals surface area contributed by atoms with Crippen LogP contribution in [0.2, 0.25) is 10.0 Å². The normalized spacial score (nSPS) is 10.4. The van der Waals surface area contributed by atoms with Crippen molar-refractivity contribution < 1.29 is 9.59 Å². The van der Waals surface area contributed by atoms with Crippen LogP contribution in [0, 0.1) is 0 Å². The summed E-state index contributed by atoms with van der Waals surface area (Å²) in [5, 5.41) is 6.97. The molecule has 0 unspecified atom stereocenters. The van der Waals surface area contributed by atoms with Crippen molar-refractivity contribution in [2.24, 2.45) is 0 Å². The van der Waals surface area contributed by atoms with Crippen LogP contribution in [0.15, 0.2) is 109 Å². The molecule has 182 valence electrons. The van der Waals surface area contributed by atoms with E-state index in [0.717, 1.165) is 0 Å². The van der Waals surface area contributed by atoms with Gasteiger partial charge in [0.05, 0.1) is 0 Å². The van der Waals surface area contributed by atoms with Crippen LogP contribution >= 0.6 is 23.2 Å². The third kappa shape index (κ3) is 6.78. The van der Waals surface area contributed by atoms with Gasteiger partial charge >= 0.3 is 12.1 Å². The molecule has 0 radical (unpaired) electrons. The van der Waals surface area contributed by atoms with Crippen LogP contribution in [-0.4, -0.2) is 25.2 Å². The average Bonchev–Trinajstić information content (AvgIpc) is 2.90. The number of halogens is 2. The number of amides is 4. The number of anilines is 4. The molecule has 4 amide bonds. The molecule has 4 rings (SSSR count). The highest BCUT2D eigenvalue weighted by atomic mass is 35.5. The fraction of sp³-hybridized carbons (Fsp3) is 0.0714. The lowest BCUT2D eigenvalue weighted by molar-refractivity contribution is 0.254. The van der Waals surface area contributed by atoms with Crippen LogP contribution in [0.1, 0.15) is 0 Å². The summed E-state index contributed by atoms with van der Waals surface area (Å²) in [6, 6.07) is 31.7. The smallest absolute Gasteiger partial charge is 0.308 e. The number of nitrogens with zero attached hydrogens (tertiary/aromatic N) is 2. The number of hydrogen-bond donors (Lipinski definition) is 2. The SMILES string of the molecule is O=C(Nc1ccc(Cl)cc1)N(CCN(C(=O)Nc1ccc(Cl)cc1)c1ccccc1)c1ccccc1. The first kappa shape index (κ1) is 25.1. The first-order chi connectivity index (χ1) is 17.5. The maximum atomic E-state index is 13.3. The number of urea groups is 2. The van der Waals surface area contributed by atoms with Crippen molar-refractivity contribution in [2.45, 2.75) is 0 Å². The van der Waals surface area contributed by atoms with Gasteiger partial charge in [-0.2, -0.15) is 0 Å². The molecule has 36 heavy (non-hydrogen) atoms. The van der Waals surface area contributed by atoms with E-state index < -0.39 is 0 Å². The van der Waals surface area contributed by atoms with Gasteiger partial charge < -0.3 is 10.6 Å². The zero-order chi connectivity index (χ0) is 25.3. The Morgan fingerprint density at radius 1 is 0.528 bits per heavy atom. The Morgan fingerprint density at radius 3 is 1.19 bits per heavy atom. The van der Waals surface area contributed by atoms with Crippen molar-refractivity contribution in [3.63, 3.8) is 0 Å². The molecule has 0 aliphatic rings. The second-order valence-electron chi connectivity index (χ2n) is 7.85. The third-order valence-corrected chi connectivity index (χ3v) is 5.87. The van der Waals surface area contributed by atoms with Gasteiger partial charge in [-0.15, -0.1) is 0 Å². The van der Waals surface area contributed by atoms with Crippen molar-refractivity contribution in [1.29, 1.82) is 0 Å². The summed E-state index contributed by atoms with van der Waals surface area (Å²) in [4.78, 5) is 29.8. The summed E-state index contributed by atoms with van der Waals surface area (Å²) in [5.74, 6) is 0. The Balaban J connectivity index is 1.55. The summed E-state index contributed by atoms with van der Waals surface area (Å²) in [7, 11) is 0. The molecule has 0 saturated heterocycles. The molecule has 6 nitrogen and oxygen atoms in total. The van der Waals surface area contributed by atoms with Gasteiger partial charge in [-0.3, -0.25) is 9.80 Å². The van der Waals surface area contributed by atoms with Crippen LogP contribution in [0.5, 0.6) is 0 Å². The van der Waals surface area contributed by atoms with Crippen molar-refractivity contribution >= 4 is 58.0 Å². The number of carbonyl (C=O) groups is 2. The number of hydrogen-bond acceptors (Lipinski definition) is 2. The number of carbonyl (C=O) groups excluding carboxylic acids is 2. The van der Waals surface area contributed by atoms with E-state index in [1.807, 2.05) is 60.7 Å². The lowest BCUT2D eigenvalue weighted by Gasteiger charge is -2.28. The van der Waals surface area contributed by atoms with Crippen LogP contribution in [-0.2, 0) is 0 Å². The van der Waals surface area contributed by atoms with Gasteiger partial charge in [-0.25, -0.2) is 9.59 Å². The van der Waals surface area contributed by atoms with Crippen LogP contribution in [0.3, 0.4) is 0 Å². The standard InChI is InChI=1S/C28H24Cl2N4O2/c29-21-11-15-23(16-12-21)31-27(35)33(25-7-3-1-4-8-25)19-20-34(26-9-5-2-6-10-26)28(36)32-24-17-13-22(30)14-18-24/h1-18H,19-20H2,(H,31,35)(H,32,36). The van der Waals surface area contributed by atoms with Gasteiger partial charge in [0, 0.05) is 45.9 Å². The Morgan fingerprint density at radius 2 is 0.861 bits per heavy atom. The quantitative estimate of drug-likeness (QED) is 0.262. The average molecular weight is 519 g/mol. The number of benzene rings is 4. The first-order valence-corrected chi connectivity index (χ1v) is 12.0. The molecule has 0 aromatic heterocycles. The highest BCUT2D eigenvalue weighted by Gasteiger charge is 2.21. The van der Waals surface area contributed by atoms with E-state index in [-0.39, 0.29) is 25.2 Å². The van der Waals surface area contributed by atoms with E-state index in [4.69, 9.17) is 23.2 Å². The molecular weight excluding hydrogens is 495 g/mol. The summed E-state index contributed by atoms with van der Waals surface area (Å²) in [6.07, 6.45) is 0. The van der Waals surface area contributed by atoms with Crippen LogP contribution in [0.25, 0.3) is 0 Å². The minimum absolute atomic E-state index is 0.242. The molecule has 8 heteroatoms. The minimum atomic E-state index is -0.324. The lowest BCUT2D eigenvalue weighted by Crippen LogP contribution is -2.44. The van der Waals surface area contributed by atoms with Gasteiger partial charge in [0.1, 0.15) is 0 Å². The van der Waals surface area contributed by atoms with E-state index in [9.17, 15) is 9.59 Å². The fourth-order valence-corrected chi connectivity index (χ4v) is 3.81. The van der Waals surface area contributed by atoms with Gasteiger partial charge in [-0.05, 0) is 72.8 Å². The Bertz CT molecular complexity index is 1180. The third-order valence-electron chi connectivity index (χ3n) is 5.36. The summed E-state index contributed by atoms with van der Waals surface area (Å²) < 4.78 is 0. The lowest BCUT2D eigenvalue weighted by atomic mass is 10.2.